The van der Waals surface area contributed by atoms with Crippen LogP contribution in [0.4, 0.5) is 5.69 Å². The van der Waals surface area contributed by atoms with Crippen LogP contribution in [0.15, 0.2) is 83.9 Å². The highest BCUT2D eigenvalue weighted by Gasteiger charge is 2.16. The van der Waals surface area contributed by atoms with Crippen LogP contribution in [-0.4, -0.2) is 24.5 Å². The highest BCUT2D eigenvalue weighted by molar-refractivity contribution is 7.92. The molecule has 6 nitrogen and oxygen atoms in total. The van der Waals surface area contributed by atoms with Gasteiger partial charge >= 0.3 is 5.97 Å². The third kappa shape index (κ3) is 4.46. The molecule has 1 heterocycles. The van der Waals surface area contributed by atoms with Gasteiger partial charge in [0.1, 0.15) is 5.69 Å². The largest absolute Gasteiger partial charge is 0.477 e. The summed E-state index contributed by atoms with van der Waals surface area (Å²) in [7, 11) is -3.83. The summed E-state index contributed by atoms with van der Waals surface area (Å²) in [6.07, 6.45) is 1.40. The van der Waals surface area contributed by atoms with E-state index >= 15 is 0 Å². The molecule has 2 N–H and O–H groups in total. The maximum atomic E-state index is 13.0. The summed E-state index contributed by atoms with van der Waals surface area (Å²) in [6, 6.07) is 20.8. The summed E-state index contributed by atoms with van der Waals surface area (Å²) in [6.45, 7) is 1.74. The fraction of sp³-hybridized carbons (Fsp3) is 0.0400. The molecule has 4 rings (SSSR count). The molecule has 0 aliphatic rings. The Balaban J connectivity index is 1.66. The smallest absolute Gasteiger partial charge is 0.354 e. The summed E-state index contributed by atoms with van der Waals surface area (Å²) in [5.41, 5.74) is 2.00. The Hall–Kier alpha value is -4.15. The van der Waals surface area contributed by atoms with Gasteiger partial charge in [-0.2, -0.15) is 0 Å². The fourth-order valence-electron chi connectivity index (χ4n) is 3.16. The van der Waals surface area contributed by atoms with Crippen LogP contribution >= 0.6 is 0 Å². The Bertz CT molecular complexity index is 1520. The average molecular weight is 442 g/mol. The lowest BCUT2D eigenvalue weighted by Crippen LogP contribution is -2.13. The van der Waals surface area contributed by atoms with Gasteiger partial charge in [0, 0.05) is 17.3 Å². The number of aromatic carboxylic acids is 1. The molecule has 0 atom stereocenters. The molecule has 3 aromatic carbocycles. The first-order valence-corrected chi connectivity index (χ1v) is 11.1. The van der Waals surface area contributed by atoms with Crippen LogP contribution in [0.2, 0.25) is 0 Å². The first-order valence-electron chi connectivity index (χ1n) is 9.66. The van der Waals surface area contributed by atoms with Gasteiger partial charge in [0.15, 0.2) is 0 Å². The lowest BCUT2D eigenvalue weighted by molar-refractivity contribution is 0.0690. The van der Waals surface area contributed by atoms with Gasteiger partial charge in [-0.15, -0.1) is 0 Å². The monoisotopic (exact) mass is 442 g/mol. The second-order valence-corrected chi connectivity index (χ2v) is 8.78. The van der Waals surface area contributed by atoms with Crippen LogP contribution in [0, 0.1) is 18.8 Å². The molecule has 1 aromatic heterocycles. The number of fused-ring (bicyclic) bond motifs is 1. The van der Waals surface area contributed by atoms with Crippen LogP contribution in [0.25, 0.3) is 10.8 Å². The predicted octanol–water partition coefficient (Wildman–Crippen LogP) is 4.44. The molecule has 0 amide bonds. The minimum atomic E-state index is -3.83. The van der Waals surface area contributed by atoms with E-state index in [-0.39, 0.29) is 10.6 Å². The molecule has 0 aliphatic heterocycles. The normalized spacial score (nSPS) is 10.9. The second-order valence-electron chi connectivity index (χ2n) is 7.10. The van der Waals surface area contributed by atoms with Gasteiger partial charge in [0.25, 0.3) is 10.0 Å². The Morgan fingerprint density at radius 1 is 0.906 bits per heavy atom. The number of anilines is 1. The summed E-state index contributed by atoms with van der Waals surface area (Å²) in [5.74, 6) is 4.79. The number of carboxylic acids is 1. The molecule has 158 valence electrons. The molecular weight excluding hydrogens is 424 g/mol. The Morgan fingerprint density at radius 2 is 1.59 bits per heavy atom. The number of aromatic nitrogens is 1. The number of nitrogens with zero attached hydrogens (tertiary/aromatic N) is 1. The van der Waals surface area contributed by atoms with E-state index in [2.05, 4.69) is 21.5 Å². The molecular formula is C25H18N2O4S. The molecule has 0 spiro atoms. The van der Waals surface area contributed by atoms with E-state index < -0.39 is 16.0 Å². The summed E-state index contributed by atoms with van der Waals surface area (Å²) >= 11 is 0. The average Bonchev–Trinajstić information content (AvgIpc) is 2.78. The van der Waals surface area contributed by atoms with Crippen molar-refractivity contribution in [2.24, 2.45) is 0 Å². The van der Waals surface area contributed by atoms with Gasteiger partial charge in [0.2, 0.25) is 0 Å². The van der Waals surface area contributed by atoms with E-state index in [4.69, 9.17) is 5.11 Å². The van der Waals surface area contributed by atoms with Crippen molar-refractivity contribution in [2.45, 2.75) is 11.8 Å². The SMILES string of the molecule is Cc1cc(C(=O)O)ncc1C#Cc1ccccc1NS(=O)(=O)c1ccc2ccccc2c1. The van der Waals surface area contributed by atoms with E-state index in [0.29, 0.717) is 22.4 Å². The molecule has 0 bridgehead atoms. The third-order valence-electron chi connectivity index (χ3n) is 4.86. The molecule has 0 radical (unpaired) electrons. The maximum Gasteiger partial charge on any atom is 0.354 e. The van der Waals surface area contributed by atoms with Gasteiger partial charge in [-0.1, -0.05) is 54.3 Å². The quantitative estimate of drug-likeness (QED) is 0.456. The van der Waals surface area contributed by atoms with Gasteiger partial charge in [-0.25, -0.2) is 18.2 Å². The van der Waals surface area contributed by atoms with E-state index in [0.717, 1.165) is 10.8 Å². The highest BCUT2D eigenvalue weighted by Crippen LogP contribution is 2.23. The molecule has 0 fully saturated rings. The fourth-order valence-corrected chi connectivity index (χ4v) is 4.27. The van der Waals surface area contributed by atoms with Gasteiger partial charge in [-0.05, 0) is 53.6 Å². The van der Waals surface area contributed by atoms with Crippen molar-refractivity contribution >= 4 is 32.5 Å². The number of carbonyl (C=O) groups is 1. The third-order valence-corrected chi connectivity index (χ3v) is 6.23. The lowest BCUT2D eigenvalue weighted by atomic mass is 10.1. The number of hydrogen-bond donors (Lipinski definition) is 2. The molecule has 0 saturated carbocycles. The Labute approximate surface area is 185 Å². The topological polar surface area (TPSA) is 96.4 Å². The predicted molar refractivity (Wildman–Crippen MR) is 123 cm³/mol. The number of sulfonamides is 1. The van der Waals surface area contributed by atoms with E-state index in [1.54, 1.807) is 49.4 Å². The van der Waals surface area contributed by atoms with Crippen LogP contribution in [0.1, 0.15) is 27.2 Å². The lowest BCUT2D eigenvalue weighted by Gasteiger charge is -2.10. The second kappa shape index (κ2) is 8.53. The number of hydrogen-bond acceptors (Lipinski definition) is 4. The molecule has 0 unspecified atom stereocenters. The van der Waals surface area contributed by atoms with Crippen molar-refractivity contribution in [3.05, 3.63) is 101 Å². The van der Waals surface area contributed by atoms with Crippen LogP contribution in [0.5, 0.6) is 0 Å². The first-order chi connectivity index (χ1) is 15.3. The van der Waals surface area contributed by atoms with Crippen molar-refractivity contribution in [3.63, 3.8) is 0 Å². The number of pyridine rings is 1. The van der Waals surface area contributed by atoms with Gasteiger partial charge in [0.05, 0.1) is 10.6 Å². The molecule has 0 saturated heterocycles. The Kier molecular flexibility index (Phi) is 5.63. The summed E-state index contributed by atoms with van der Waals surface area (Å²) in [4.78, 5) is 15.1. The van der Waals surface area contributed by atoms with Crippen LogP contribution in [-0.2, 0) is 10.0 Å². The van der Waals surface area contributed by atoms with Gasteiger partial charge in [-0.3, -0.25) is 4.72 Å². The van der Waals surface area contributed by atoms with E-state index in [1.807, 2.05) is 24.3 Å². The Morgan fingerprint density at radius 3 is 2.34 bits per heavy atom. The number of para-hydroxylation sites is 1. The number of nitrogens with one attached hydrogen (secondary N) is 1. The van der Waals surface area contributed by atoms with Crippen molar-refractivity contribution in [1.82, 2.24) is 4.98 Å². The van der Waals surface area contributed by atoms with Gasteiger partial charge < -0.3 is 5.11 Å². The van der Waals surface area contributed by atoms with Crippen LogP contribution in [0.3, 0.4) is 0 Å². The van der Waals surface area contributed by atoms with Crippen molar-refractivity contribution < 1.29 is 18.3 Å². The molecule has 4 aromatic rings. The highest BCUT2D eigenvalue weighted by atomic mass is 32.2. The van der Waals surface area contributed by atoms with Crippen molar-refractivity contribution in [3.8, 4) is 11.8 Å². The molecule has 7 heteroatoms. The minimum Gasteiger partial charge on any atom is -0.477 e. The minimum absolute atomic E-state index is 0.0587. The number of benzene rings is 3. The zero-order chi connectivity index (χ0) is 22.7. The number of rotatable bonds is 4. The summed E-state index contributed by atoms with van der Waals surface area (Å²) in [5, 5.41) is 10.8. The number of carboxylic acid groups (broad SMARTS) is 1. The molecule has 32 heavy (non-hydrogen) atoms. The first kappa shape index (κ1) is 21.1. The van der Waals surface area contributed by atoms with Crippen molar-refractivity contribution in [1.29, 1.82) is 0 Å². The van der Waals surface area contributed by atoms with E-state index in [9.17, 15) is 13.2 Å². The zero-order valence-corrected chi connectivity index (χ0v) is 17.8. The standard InChI is InChI=1S/C25H18N2O4S/c1-17-14-24(25(28)29)26-16-21(17)11-10-19-7-4-5-9-23(19)27-32(30,31)22-13-12-18-6-2-3-8-20(18)15-22/h2-9,12-16,27H,1H3,(H,28,29). The van der Waals surface area contributed by atoms with E-state index in [1.165, 1.54) is 12.3 Å². The maximum absolute atomic E-state index is 13.0. The summed E-state index contributed by atoms with van der Waals surface area (Å²) < 4.78 is 28.6. The number of aryl methyl sites for hydroxylation is 1. The van der Waals surface area contributed by atoms with Crippen molar-refractivity contribution in [2.75, 3.05) is 4.72 Å². The van der Waals surface area contributed by atoms with Crippen LogP contribution < -0.4 is 4.72 Å². The molecule has 0 aliphatic carbocycles. The zero-order valence-electron chi connectivity index (χ0n) is 17.0.